The van der Waals surface area contributed by atoms with Gasteiger partial charge in [-0.1, -0.05) is 0 Å². The Bertz CT molecular complexity index is 582. The molecule has 0 saturated heterocycles. The maximum absolute atomic E-state index is 12.9. The number of carbonyl (C=O) groups excluding carboxylic acids is 1. The smallest absolute Gasteiger partial charge is 0.252 e. The second kappa shape index (κ2) is 5.63. The van der Waals surface area contributed by atoms with E-state index in [1.54, 1.807) is 11.3 Å². The molecular formula is C13H11BrFNOS. The molecule has 94 valence electrons. The molecule has 1 heterocycles. The number of nitrogens with one attached hydrogen (secondary N) is 1. The minimum atomic E-state index is -0.368. The molecule has 1 aromatic carbocycles. The van der Waals surface area contributed by atoms with Gasteiger partial charge in [0.15, 0.2) is 0 Å². The number of hydrogen-bond acceptors (Lipinski definition) is 2. The molecule has 2 aromatic rings. The summed E-state index contributed by atoms with van der Waals surface area (Å²) in [6, 6.07) is 8.02. The average molecular weight is 328 g/mol. The van der Waals surface area contributed by atoms with Crippen LogP contribution in [0.4, 0.5) is 4.39 Å². The van der Waals surface area contributed by atoms with E-state index in [1.165, 1.54) is 23.1 Å². The van der Waals surface area contributed by atoms with Crippen LogP contribution in [-0.2, 0) is 6.54 Å². The summed E-state index contributed by atoms with van der Waals surface area (Å²) in [6.07, 6.45) is 0. The molecule has 0 radical (unpaired) electrons. The van der Waals surface area contributed by atoms with Gasteiger partial charge in [0.1, 0.15) is 5.82 Å². The van der Waals surface area contributed by atoms with Crippen LogP contribution in [0.15, 0.2) is 34.8 Å². The van der Waals surface area contributed by atoms with E-state index < -0.39 is 0 Å². The number of hydrogen-bond donors (Lipinski definition) is 1. The molecule has 5 heteroatoms. The van der Waals surface area contributed by atoms with Crippen molar-refractivity contribution in [3.63, 3.8) is 0 Å². The highest BCUT2D eigenvalue weighted by Crippen LogP contribution is 2.19. The number of amides is 1. The highest BCUT2D eigenvalue weighted by Gasteiger charge is 2.10. The van der Waals surface area contributed by atoms with E-state index >= 15 is 0 Å². The molecule has 0 bridgehead atoms. The molecule has 18 heavy (non-hydrogen) atoms. The molecular weight excluding hydrogens is 317 g/mol. The summed E-state index contributed by atoms with van der Waals surface area (Å²) in [4.78, 5) is 14.2. The summed E-state index contributed by atoms with van der Waals surface area (Å²) >= 11 is 4.82. The lowest BCUT2D eigenvalue weighted by Crippen LogP contribution is -2.22. The molecule has 1 N–H and O–H groups in total. The average Bonchev–Trinajstić information content (AvgIpc) is 2.72. The standard InChI is InChI=1S/C13H11BrFNOS/c1-8-2-4-10(18-8)7-16-13(17)11-5-3-9(15)6-12(11)14/h2-6H,7H2,1H3,(H,16,17). The van der Waals surface area contributed by atoms with Crippen LogP contribution >= 0.6 is 27.3 Å². The van der Waals surface area contributed by atoms with Crippen LogP contribution in [0.5, 0.6) is 0 Å². The second-order valence-electron chi connectivity index (χ2n) is 3.82. The van der Waals surface area contributed by atoms with Gasteiger partial charge < -0.3 is 5.32 Å². The van der Waals surface area contributed by atoms with Gasteiger partial charge in [-0.15, -0.1) is 11.3 Å². The number of benzene rings is 1. The fraction of sp³-hybridized carbons (Fsp3) is 0.154. The first kappa shape index (κ1) is 13.2. The Kier molecular flexibility index (Phi) is 4.14. The SMILES string of the molecule is Cc1ccc(CNC(=O)c2ccc(F)cc2Br)s1. The number of aryl methyl sites for hydroxylation is 1. The summed E-state index contributed by atoms with van der Waals surface area (Å²) in [7, 11) is 0. The van der Waals surface area contributed by atoms with Gasteiger partial charge >= 0.3 is 0 Å². The van der Waals surface area contributed by atoms with E-state index in [4.69, 9.17) is 0 Å². The molecule has 2 nitrogen and oxygen atoms in total. The zero-order chi connectivity index (χ0) is 13.1. The molecule has 0 aliphatic rings. The summed E-state index contributed by atoms with van der Waals surface area (Å²) in [6.45, 7) is 2.51. The van der Waals surface area contributed by atoms with Gasteiger partial charge in [0.25, 0.3) is 5.91 Å². The van der Waals surface area contributed by atoms with Gasteiger partial charge in [-0.2, -0.15) is 0 Å². The Morgan fingerprint density at radius 3 is 2.78 bits per heavy atom. The van der Waals surface area contributed by atoms with Crippen molar-refractivity contribution >= 4 is 33.2 Å². The zero-order valence-electron chi connectivity index (χ0n) is 9.67. The molecule has 1 amide bonds. The van der Waals surface area contributed by atoms with Gasteiger partial charge in [0.05, 0.1) is 12.1 Å². The number of rotatable bonds is 3. The lowest BCUT2D eigenvalue weighted by Gasteiger charge is -2.05. The predicted octanol–water partition coefficient (Wildman–Crippen LogP) is 3.89. The van der Waals surface area contributed by atoms with Crippen molar-refractivity contribution < 1.29 is 9.18 Å². The summed E-state index contributed by atoms with van der Waals surface area (Å²) < 4.78 is 13.4. The van der Waals surface area contributed by atoms with Gasteiger partial charge in [0.2, 0.25) is 0 Å². The van der Waals surface area contributed by atoms with Crippen molar-refractivity contribution in [3.05, 3.63) is 55.9 Å². The quantitative estimate of drug-likeness (QED) is 0.910. The van der Waals surface area contributed by atoms with Gasteiger partial charge in [0, 0.05) is 14.2 Å². The van der Waals surface area contributed by atoms with E-state index in [-0.39, 0.29) is 11.7 Å². The molecule has 0 spiro atoms. The molecule has 0 aliphatic heterocycles. The summed E-state index contributed by atoms with van der Waals surface area (Å²) in [5, 5.41) is 2.81. The van der Waals surface area contributed by atoms with Crippen LogP contribution in [0.3, 0.4) is 0 Å². The monoisotopic (exact) mass is 327 g/mol. The third-order valence-electron chi connectivity index (χ3n) is 2.39. The van der Waals surface area contributed by atoms with Crippen molar-refractivity contribution in [1.82, 2.24) is 5.32 Å². The largest absolute Gasteiger partial charge is 0.347 e. The first-order valence-electron chi connectivity index (χ1n) is 5.35. The van der Waals surface area contributed by atoms with Crippen LogP contribution in [0.1, 0.15) is 20.1 Å². The molecule has 2 rings (SSSR count). The van der Waals surface area contributed by atoms with Crippen molar-refractivity contribution in [2.24, 2.45) is 0 Å². The van der Waals surface area contributed by atoms with Gasteiger partial charge in [-0.05, 0) is 53.2 Å². The maximum atomic E-state index is 12.9. The van der Waals surface area contributed by atoms with Crippen LogP contribution < -0.4 is 5.32 Å². The minimum absolute atomic E-state index is 0.215. The molecule has 0 fully saturated rings. The Morgan fingerprint density at radius 2 is 2.17 bits per heavy atom. The lowest BCUT2D eigenvalue weighted by atomic mass is 10.2. The third kappa shape index (κ3) is 3.17. The fourth-order valence-corrected chi connectivity index (χ4v) is 2.88. The van der Waals surface area contributed by atoms with Crippen LogP contribution in [0.25, 0.3) is 0 Å². The normalized spacial score (nSPS) is 10.4. The Morgan fingerprint density at radius 1 is 1.39 bits per heavy atom. The van der Waals surface area contributed by atoms with Crippen molar-refractivity contribution in [1.29, 1.82) is 0 Å². The molecule has 0 aliphatic carbocycles. The highest BCUT2D eigenvalue weighted by molar-refractivity contribution is 9.10. The molecule has 0 atom stereocenters. The molecule has 0 saturated carbocycles. The van der Waals surface area contributed by atoms with Crippen LogP contribution in [-0.4, -0.2) is 5.91 Å². The number of thiophene rings is 1. The van der Waals surface area contributed by atoms with E-state index in [0.29, 0.717) is 16.6 Å². The highest BCUT2D eigenvalue weighted by atomic mass is 79.9. The predicted molar refractivity (Wildman–Crippen MR) is 74.3 cm³/mol. The van der Waals surface area contributed by atoms with E-state index in [0.717, 1.165) is 4.88 Å². The fourth-order valence-electron chi connectivity index (χ4n) is 1.52. The maximum Gasteiger partial charge on any atom is 0.252 e. The van der Waals surface area contributed by atoms with Gasteiger partial charge in [-0.3, -0.25) is 4.79 Å². The third-order valence-corrected chi connectivity index (χ3v) is 4.05. The van der Waals surface area contributed by atoms with Crippen LogP contribution in [0.2, 0.25) is 0 Å². The second-order valence-corrected chi connectivity index (χ2v) is 6.05. The molecule has 0 unspecified atom stereocenters. The van der Waals surface area contributed by atoms with Crippen LogP contribution in [0, 0.1) is 12.7 Å². The molecule has 1 aromatic heterocycles. The van der Waals surface area contributed by atoms with Gasteiger partial charge in [-0.25, -0.2) is 4.39 Å². The zero-order valence-corrected chi connectivity index (χ0v) is 12.1. The topological polar surface area (TPSA) is 29.1 Å². The van der Waals surface area contributed by atoms with E-state index in [2.05, 4.69) is 21.2 Å². The van der Waals surface area contributed by atoms with E-state index in [1.807, 2.05) is 19.1 Å². The van der Waals surface area contributed by atoms with Crippen molar-refractivity contribution in [2.45, 2.75) is 13.5 Å². The Labute approximate surface area is 117 Å². The van der Waals surface area contributed by atoms with Crippen molar-refractivity contribution in [2.75, 3.05) is 0 Å². The number of halogens is 2. The summed E-state index contributed by atoms with van der Waals surface area (Å²) in [5.41, 5.74) is 0.435. The lowest BCUT2D eigenvalue weighted by molar-refractivity contribution is 0.0950. The first-order valence-corrected chi connectivity index (χ1v) is 6.96. The first-order chi connectivity index (χ1) is 8.56. The minimum Gasteiger partial charge on any atom is -0.347 e. The van der Waals surface area contributed by atoms with E-state index in [9.17, 15) is 9.18 Å². The summed E-state index contributed by atoms with van der Waals surface area (Å²) in [5.74, 6) is -0.583. The van der Waals surface area contributed by atoms with Crippen molar-refractivity contribution in [3.8, 4) is 0 Å². The Balaban J connectivity index is 2.03. The Hall–Kier alpha value is -1.20. The number of carbonyl (C=O) groups is 1.